The highest BCUT2D eigenvalue weighted by Crippen LogP contribution is 2.42. The van der Waals surface area contributed by atoms with Crippen molar-refractivity contribution in [1.29, 1.82) is 0 Å². The predicted octanol–water partition coefficient (Wildman–Crippen LogP) is 2.43. The Bertz CT molecular complexity index is 989. The Morgan fingerprint density at radius 1 is 1.23 bits per heavy atom. The summed E-state index contributed by atoms with van der Waals surface area (Å²) in [5.41, 5.74) is 2.85. The van der Waals surface area contributed by atoms with Crippen molar-refractivity contribution in [2.75, 3.05) is 13.1 Å². The van der Waals surface area contributed by atoms with Gasteiger partial charge in [0.25, 0.3) is 5.56 Å². The van der Waals surface area contributed by atoms with Crippen molar-refractivity contribution in [3.05, 3.63) is 57.5 Å². The molecule has 2 aromatic heterocycles. The van der Waals surface area contributed by atoms with Crippen LogP contribution in [0.4, 0.5) is 0 Å². The number of hydrogen-bond donors (Lipinski definition) is 1. The van der Waals surface area contributed by atoms with E-state index in [1.54, 1.807) is 0 Å². The number of hydrogen-bond acceptors (Lipinski definition) is 5. The molecule has 0 radical (unpaired) electrons. The molecule has 1 amide bonds. The lowest BCUT2D eigenvalue weighted by Gasteiger charge is -2.36. The average molecular weight is 408 g/mol. The van der Waals surface area contributed by atoms with Gasteiger partial charge in [-0.2, -0.15) is 0 Å². The van der Waals surface area contributed by atoms with Gasteiger partial charge in [0, 0.05) is 50.1 Å². The third-order valence-electron chi connectivity index (χ3n) is 6.85. The Balaban J connectivity index is 1.39. The fourth-order valence-electron chi connectivity index (χ4n) is 4.91. The highest BCUT2D eigenvalue weighted by atomic mass is 16.2. The molecule has 7 nitrogen and oxygen atoms in total. The largest absolute Gasteiger partial charge is 0.332 e. The second-order valence-corrected chi connectivity index (χ2v) is 9.06. The number of aromatic nitrogens is 3. The van der Waals surface area contributed by atoms with Crippen LogP contribution in [0.3, 0.4) is 0 Å². The van der Waals surface area contributed by atoms with Gasteiger partial charge in [-0.25, -0.2) is 4.98 Å². The van der Waals surface area contributed by atoms with Crippen LogP contribution in [0.15, 0.2) is 29.3 Å². The van der Waals surface area contributed by atoms with E-state index in [0.717, 1.165) is 56.6 Å². The second kappa shape index (κ2) is 7.95. The van der Waals surface area contributed by atoms with Gasteiger partial charge in [-0.3, -0.25) is 19.5 Å². The number of rotatable bonds is 4. The van der Waals surface area contributed by atoms with E-state index >= 15 is 0 Å². The number of nitrogens with zero attached hydrogens (tertiary/aromatic N) is 4. The zero-order chi connectivity index (χ0) is 20.7. The van der Waals surface area contributed by atoms with Crippen molar-refractivity contribution in [2.45, 2.75) is 58.2 Å². The van der Waals surface area contributed by atoms with E-state index in [1.807, 2.05) is 29.4 Å². The Hall–Kier alpha value is -2.54. The highest BCUT2D eigenvalue weighted by molar-refractivity contribution is 5.82. The third kappa shape index (κ3) is 3.78. The molecule has 3 aliphatic rings. The van der Waals surface area contributed by atoms with Crippen LogP contribution in [0.25, 0.3) is 0 Å². The van der Waals surface area contributed by atoms with E-state index in [1.165, 1.54) is 5.56 Å². The quantitative estimate of drug-likeness (QED) is 0.842. The van der Waals surface area contributed by atoms with E-state index in [9.17, 15) is 9.59 Å². The first-order valence-electron chi connectivity index (χ1n) is 11.1. The molecule has 158 valence electrons. The minimum atomic E-state index is -0.104. The molecule has 3 atom stereocenters. The van der Waals surface area contributed by atoms with Gasteiger partial charge >= 0.3 is 0 Å². The minimum Gasteiger partial charge on any atom is -0.332 e. The number of aromatic amines is 1. The maximum Gasteiger partial charge on any atom is 0.254 e. The summed E-state index contributed by atoms with van der Waals surface area (Å²) in [5, 5.41) is 0. The molecular weight excluding hydrogens is 378 g/mol. The van der Waals surface area contributed by atoms with Crippen molar-refractivity contribution in [2.24, 2.45) is 11.8 Å². The first-order valence-corrected chi connectivity index (χ1v) is 11.1. The molecule has 7 heteroatoms. The standard InChI is InChI=1S/C23H29N5O2/c1-15-12-18(15)23(30)28-10-3-2-4-20(28)21-25-19-14-27(11-7-17(19)22(29)26-21)13-16-5-8-24-9-6-16/h5-6,8-9,15,18,20H,2-4,7,10-14H2,1H3,(H,25,26,29)/t15-,18-,20-/m1/s1. The Morgan fingerprint density at radius 3 is 2.80 bits per heavy atom. The van der Waals surface area contributed by atoms with Gasteiger partial charge in [0.15, 0.2) is 0 Å². The number of nitrogens with one attached hydrogen (secondary N) is 1. The smallest absolute Gasteiger partial charge is 0.254 e. The van der Waals surface area contributed by atoms with Crippen molar-refractivity contribution in [3.8, 4) is 0 Å². The first-order chi connectivity index (χ1) is 14.6. The van der Waals surface area contributed by atoms with Gasteiger partial charge in [0.1, 0.15) is 5.82 Å². The van der Waals surface area contributed by atoms with E-state index in [4.69, 9.17) is 4.98 Å². The van der Waals surface area contributed by atoms with Crippen LogP contribution in [0.5, 0.6) is 0 Å². The van der Waals surface area contributed by atoms with Gasteiger partial charge in [-0.05, 0) is 55.7 Å². The third-order valence-corrected chi connectivity index (χ3v) is 6.85. The van der Waals surface area contributed by atoms with Gasteiger partial charge < -0.3 is 9.88 Å². The summed E-state index contributed by atoms with van der Waals surface area (Å²) >= 11 is 0. The number of amides is 1. The number of H-pyrrole nitrogens is 1. The topological polar surface area (TPSA) is 82.2 Å². The Morgan fingerprint density at radius 2 is 2.03 bits per heavy atom. The van der Waals surface area contributed by atoms with Crippen LogP contribution >= 0.6 is 0 Å². The molecular formula is C23H29N5O2. The highest BCUT2D eigenvalue weighted by Gasteiger charge is 2.44. The molecule has 2 fully saturated rings. The van der Waals surface area contributed by atoms with Crippen LogP contribution in [-0.4, -0.2) is 43.7 Å². The van der Waals surface area contributed by atoms with Gasteiger partial charge in [-0.1, -0.05) is 6.92 Å². The second-order valence-electron chi connectivity index (χ2n) is 9.06. The van der Waals surface area contributed by atoms with Crippen molar-refractivity contribution < 1.29 is 4.79 Å². The summed E-state index contributed by atoms with van der Waals surface area (Å²) in [6, 6.07) is 3.94. The van der Waals surface area contributed by atoms with Gasteiger partial charge in [0.2, 0.25) is 5.91 Å². The number of fused-ring (bicyclic) bond motifs is 1. The predicted molar refractivity (Wildman–Crippen MR) is 112 cm³/mol. The lowest BCUT2D eigenvalue weighted by atomic mass is 9.99. The summed E-state index contributed by atoms with van der Waals surface area (Å²) in [7, 11) is 0. The molecule has 2 aliphatic heterocycles. The molecule has 0 spiro atoms. The fourth-order valence-corrected chi connectivity index (χ4v) is 4.91. The average Bonchev–Trinajstić information content (AvgIpc) is 3.50. The fraction of sp³-hybridized carbons (Fsp3) is 0.565. The first kappa shape index (κ1) is 19.4. The van der Waals surface area contributed by atoms with Crippen LogP contribution in [0.2, 0.25) is 0 Å². The molecule has 0 unspecified atom stereocenters. The summed E-state index contributed by atoms with van der Waals surface area (Å²) in [6.07, 6.45) is 8.26. The summed E-state index contributed by atoms with van der Waals surface area (Å²) in [4.78, 5) is 42.2. The SMILES string of the molecule is C[C@@H]1C[C@H]1C(=O)N1CCCC[C@@H]1c1nc2c(c(=O)[nH]1)CCN(Cc1ccncc1)C2. The van der Waals surface area contributed by atoms with Gasteiger partial charge in [0.05, 0.1) is 11.7 Å². The van der Waals surface area contributed by atoms with Crippen LogP contribution in [0.1, 0.15) is 61.3 Å². The van der Waals surface area contributed by atoms with Crippen LogP contribution < -0.4 is 5.56 Å². The lowest BCUT2D eigenvalue weighted by molar-refractivity contribution is -0.137. The lowest BCUT2D eigenvalue weighted by Crippen LogP contribution is -2.42. The van der Waals surface area contributed by atoms with E-state index in [0.29, 0.717) is 24.7 Å². The van der Waals surface area contributed by atoms with Crippen molar-refractivity contribution in [1.82, 2.24) is 24.8 Å². The normalized spacial score (nSPS) is 26.3. The number of likely N-dealkylation sites (tertiary alicyclic amines) is 1. The number of piperidine rings is 1. The van der Waals surface area contributed by atoms with E-state index in [2.05, 4.69) is 21.8 Å². The molecule has 0 aromatic carbocycles. The maximum absolute atomic E-state index is 13.0. The molecule has 1 saturated carbocycles. The Labute approximate surface area is 176 Å². The monoisotopic (exact) mass is 407 g/mol. The molecule has 5 rings (SSSR count). The maximum atomic E-state index is 13.0. The van der Waals surface area contributed by atoms with Crippen molar-refractivity contribution in [3.63, 3.8) is 0 Å². The molecule has 0 bridgehead atoms. The number of carbonyl (C=O) groups excluding carboxylic acids is 1. The summed E-state index contributed by atoms with van der Waals surface area (Å²) in [6.45, 7) is 5.22. The molecule has 2 aromatic rings. The van der Waals surface area contributed by atoms with E-state index in [-0.39, 0.29) is 23.4 Å². The number of pyridine rings is 1. The van der Waals surface area contributed by atoms with E-state index < -0.39 is 0 Å². The zero-order valence-electron chi connectivity index (χ0n) is 17.5. The summed E-state index contributed by atoms with van der Waals surface area (Å²) < 4.78 is 0. The summed E-state index contributed by atoms with van der Waals surface area (Å²) in [5.74, 6) is 1.56. The molecule has 30 heavy (non-hydrogen) atoms. The van der Waals surface area contributed by atoms with Gasteiger partial charge in [-0.15, -0.1) is 0 Å². The zero-order valence-corrected chi connectivity index (χ0v) is 17.5. The molecule has 1 aliphatic carbocycles. The minimum absolute atomic E-state index is 0.0312. The molecule has 4 heterocycles. The van der Waals surface area contributed by atoms with Crippen LogP contribution in [-0.2, 0) is 24.3 Å². The number of carbonyl (C=O) groups is 1. The molecule has 1 N–H and O–H groups in total. The Kier molecular flexibility index (Phi) is 5.15. The molecule has 1 saturated heterocycles. The van der Waals surface area contributed by atoms with Crippen molar-refractivity contribution >= 4 is 5.91 Å². The van der Waals surface area contributed by atoms with Crippen LogP contribution in [0, 0.1) is 11.8 Å².